The van der Waals surface area contributed by atoms with Crippen molar-refractivity contribution in [2.75, 3.05) is 0 Å². The summed E-state index contributed by atoms with van der Waals surface area (Å²) in [4.78, 5) is 0. The predicted molar refractivity (Wildman–Crippen MR) is 127 cm³/mol. The van der Waals surface area contributed by atoms with Crippen molar-refractivity contribution >= 4 is 23.2 Å². The van der Waals surface area contributed by atoms with E-state index in [1.807, 2.05) is 41.1 Å². The first-order valence-corrected chi connectivity index (χ1v) is 10.7. The van der Waals surface area contributed by atoms with E-state index in [1.165, 1.54) is 5.56 Å². The SMILES string of the molecule is Cc1ccc(-c2c(-c3nnnn3-c3ccccc3)cnn2-c2ccc(Cl)c(Cl)c2)c(C)c1. The monoisotopic (exact) mass is 460 g/mol. The fourth-order valence-corrected chi connectivity index (χ4v) is 4.05. The number of hydrogen-bond acceptors (Lipinski definition) is 4. The van der Waals surface area contributed by atoms with Gasteiger partial charge in [0.05, 0.1) is 38.9 Å². The van der Waals surface area contributed by atoms with Crippen molar-refractivity contribution in [2.24, 2.45) is 0 Å². The molecule has 0 aliphatic heterocycles. The van der Waals surface area contributed by atoms with Gasteiger partial charge in [-0.15, -0.1) is 5.10 Å². The Morgan fingerprint density at radius 1 is 0.750 bits per heavy atom. The quantitative estimate of drug-likeness (QED) is 0.324. The molecule has 32 heavy (non-hydrogen) atoms. The van der Waals surface area contributed by atoms with E-state index in [2.05, 4.69) is 47.6 Å². The predicted octanol–water partition coefficient (Wildman–Crippen LogP) is 6.11. The Labute approximate surface area is 195 Å². The largest absolute Gasteiger partial charge is 0.232 e. The number of benzene rings is 3. The summed E-state index contributed by atoms with van der Waals surface area (Å²) in [5.74, 6) is 0.595. The maximum Gasteiger partial charge on any atom is 0.190 e. The molecule has 8 heteroatoms. The number of hydrogen-bond donors (Lipinski definition) is 0. The van der Waals surface area contributed by atoms with E-state index in [1.54, 1.807) is 23.0 Å². The second kappa shape index (κ2) is 8.22. The lowest BCUT2D eigenvalue weighted by molar-refractivity contribution is 0.791. The minimum absolute atomic E-state index is 0.460. The average molecular weight is 461 g/mol. The van der Waals surface area contributed by atoms with Crippen LogP contribution in [0.5, 0.6) is 0 Å². The van der Waals surface area contributed by atoms with E-state index < -0.39 is 0 Å². The Bertz CT molecular complexity index is 1420. The van der Waals surface area contributed by atoms with E-state index >= 15 is 0 Å². The Hall–Kier alpha value is -3.48. The second-order valence-corrected chi connectivity index (χ2v) is 8.30. The number of para-hydroxylation sites is 1. The highest BCUT2D eigenvalue weighted by Crippen LogP contribution is 2.36. The molecule has 2 aromatic heterocycles. The highest BCUT2D eigenvalue weighted by Gasteiger charge is 2.23. The number of tetrazole rings is 1. The maximum absolute atomic E-state index is 6.32. The van der Waals surface area contributed by atoms with Gasteiger partial charge in [0, 0.05) is 5.56 Å². The fourth-order valence-electron chi connectivity index (χ4n) is 3.76. The van der Waals surface area contributed by atoms with Crippen LogP contribution in [0.2, 0.25) is 10.0 Å². The van der Waals surface area contributed by atoms with Crippen molar-refractivity contribution in [3.05, 3.63) is 94.1 Å². The lowest BCUT2D eigenvalue weighted by atomic mass is 10.00. The molecule has 0 aliphatic rings. The van der Waals surface area contributed by atoms with Gasteiger partial charge < -0.3 is 0 Å². The normalized spacial score (nSPS) is 11.1. The minimum atomic E-state index is 0.460. The van der Waals surface area contributed by atoms with Gasteiger partial charge in [-0.3, -0.25) is 0 Å². The summed E-state index contributed by atoms with van der Waals surface area (Å²) in [6.45, 7) is 4.16. The van der Waals surface area contributed by atoms with Crippen LogP contribution < -0.4 is 0 Å². The lowest BCUT2D eigenvalue weighted by Crippen LogP contribution is -2.03. The molecule has 0 fully saturated rings. The number of aryl methyl sites for hydroxylation is 2. The lowest BCUT2D eigenvalue weighted by Gasteiger charge is -2.13. The molecule has 0 saturated heterocycles. The van der Waals surface area contributed by atoms with E-state index in [0.717, 1.165) is 33.8 Å². The van der Waals surface area contributed by atoms with Gasteiger partial charge in [-0.05, 0) is 60.2 Å². The van der Waals surface area contributed by atoms with Crippen molar-refractivity contribution in [1.82, 2.24) is 30.0 Å². The molecule has 0 radical (unpaired) electrons. The van der Waals surface area contributed by atoms with Crippen LogP contribution in [0.1, 0.15) is 11.1 Å². The molecule has 0 N–H and O–H groups in total. The van der Waals surface area contributed by atoms with Crippen molar-refractivity contribution in [3.63, 3.8) is 0 Å². The molecule has 5 rings (SSSR count). The van der Waals surface area contributed by atoms with E-state index in [9.17, 15) is 0 Å². The number of nitrogens with zero attached hydrogens (tertiary/aromatic N) is 6. The van der Waals surface area contributed by atoms with Crippen molar-refractivity contribution < 1.29 is 0 Å². The van der Waals surface area contributed by atoms with Gasteiger partial charge in [0.1, 0.15) is 0 Å². The van der Waals surface area contributed by atoms with Gasteiger partial charge in [0.15, 0.2) is 5.82 Å². The van der Waals surface area contributed by atoms with Gasteiger partial charge in [-0.2, -0.15) is 9.78 Å². The fraction of sp³-hybridized carbons (Fsp3) is 0.0833. The third-order valence-corrected chi connectivity index (χ3v) is 6.00. The Morgan fingerprint density at radius 3 is 2.31 bits per heavy atom. The van der Waals surface area contributed by atoms with Crippen LogP contribution in [0, 0.1) is 13.8 Å². The van der Waals surface area contributed by atoms with Gasteiger partial charge in [-0.25, -0.2) is 4.68 Å². The first-order valence-electron chi connectivity index (χ1n) is 9.98. The summed E-state index contributed by atoms with van der Waals surface area (Å²) < 4.78 is 3.56. The third-order valence-electron chi connectivity index (χ3n) is 5.27. The van der Waals surface area contributed by atoms with Crippen LogP contribution in [0.3, 0.4) is 0 Å². The highest BCUT2D eigenvalue weighted by molar-refractivity contribution is 6.42. The zero-order valence-electron chi connectivity index (χ0n) is 17.4. The smallest absolute Gasteiger partial charge is 0.190 e. The topological polar surface area (TPSA) is 61.4 Å². The molecule has 0 saturated carbocycles. The summed E-state index contributed by atoms with van der Waals surface area (Å²) in [5, 5.41) is 18.1. The van der Waals surface area contributed by atoms with Crippen LogP contribution >= 0.6 is 23.2 Å². The molecule has 2 heterocycles. The third kappa shape index (κ3) is 3.57. The van der Waals surface area contributed by atoms with Crippen LogP contribution in [0.15, 0.2) is 72.9 Å². The van der Waals surface area contributed by atoms with Crippen LogP contribution in [-0.4, -0.2) is 30.0 Å². The Kier molecular flexibility index (Phi) is 5.25. The Balaban J connectivity index is 1.78. The molecule has 0 bridgehead atoms. The summed E-state index contributed by atoms with van der Waals surface area (Å²) in [6, 6.07) is 21.5. The van der Waals surface area contributed by atoms with E-state index in [-0.39, 0.29) is 0 Å². The Morgan fingerprint density at radius 2 is 1.56 bits per heavy atom. The van der Waals surface area contributed by atoms with Gasteiger partial charge in [-0.1, -0.05) is 65.2 Å². The van der Waals surface area contributed by atoms with Crippen molar-refractivity contribution in [2.45, 2.75) is 13.8 Å². The maximum atomic E-state index is 6.32. The number of halogens is 2. The highest BCUT2D eigenvalue weighted by atomic mass is 35.5. The van der Waals surface area contributed by atoms with Crippen molar-refractivity contribution in [1.29, 1.82) is 0 Å². The minimum Gasteiger partial charge on any atom is -0.232 e. The van der Waals surface area contributed by atoms with Gasteiger partial charge >= 0.3 is 0 Å². The molecule has 5 aromatic rings. The van der Waals surface area contributed by atoms with Gasteiger partial charge in [0.25, 0.3) is 0 Å². The summed E-state index contributed by atoms with van der Waals surface area (Å²) >= 11 is 12.5. The van der Waals surface area contributed by atoms with Crippen molar-refractivity contribution in [3.8, 4) is 34.0 Å². The summed E-state index contributed by atoms with van der Waals surface area (Å²) in [7, 11) is 0. The molecule has 158 valence electrons. The summed E-state index contributed by atoms with van der Waals surface area (Å²) in [5.41, 5.74) is 6.65. The number of rotatable bonds is 4. The average Bonchev–Trinajstić information content (AvgIpc) is 3.43. The van der Waals surface area contributed by atoms with E-state index in [4.69, 9.17) is 28.3 Å². The molecule has 6 nitrogen and oxygen atoms in total. The molecule has 0 atom stereocenters. The molecule has 0 aliphatic carbocycles. The summed E-state index contributed by atoms with van der Waals surface area (Å²) in [6.07, 6.45) is 1.78. The van der Waals surface area contributed by atoms with Crippen LogP contribution in [0.4, 0.5) is 0 Å². The van der Waals surface area contributed by atoms with Crippen LogP contribution in [0.25, 0.3) is 34.0 Å². The zero-order chi connectivity index (χ0) is 22.2. The second-order valence-electron chi connectivity index (χ2n) is 7.49. The van der Waals surface area contributed by atoms with E-state index in [0.29, 0.717) is 15.9 Å². The van der Waals surface area contributed by atoms with Crippen LogP contribution in [-0.2, 0) is 0 Å². The number of aromatic nitrogens is 6. The molecular formula is C24H18Cl2N6. The zero-order valence-corrected chi connectivity index (χ0v) is 18.9. The molecule has 0 unspecified atom stereocenters. The van der Waals surface area contributed by atoms with Gasteiger partial charge in [0.2, 0.25) is 0 Å². The molecule has 3 aromatic carbocycles. The molecule has 0 amide bonds. The first kappa shape index (κ1) is 20.4. The standard InChI is InChI=1S/C24H18Cl2N6/c1-15-8-10-19(16(2)12-15)23-20(14-27-31(23)18-9-11-21(25)22(26)13-18)24-28-29-30-32(24)17-6-4-3-5-7-17/h3-14H,1-2H3. The molecule has 0 spiro atoms. The first-order chi connectivity index (χ1) is 15.5. The molecular weight excluding hydrogens is 443 g/mol.